The fourth-order valence-corrected chi connectivity index (χ4v) is 2.42. The number of nitrogens with zero attached hydrogens (tertiary/aromatic N) is 1. The summed E-state index contributed by atoms with van der Waals surface area (Å²) in [6.45, 7) is 0.675. The predicted molar refractivity (Wildman–Crippen MR) is 56.9 cm³/mol. The zero-order valence-electron chi connectivity index (χ0n) is 8.23. The van der Waals surface area contributed by atoms with E-state index in [9.17, 15) is 4.79 Å². The second kappa shape index (κ2) is 2.86. The third-order valence-electron chi connectivity index (χ3n) is 3.03. The highest BCUT2D eigenvalue weighted by molar-refractivity contribution is 5.86. The number of carboxylic acids is 1. The molecule has 0 bridgehead atoms. The molecule has 2 heterocycles. The number of carboxylic acid groups (broad SMARTS) is 1. The number of aromatic nitrogens is 1. The van der Waals surface area contributed by atoms with Crippen molar-refractivity contribution >= 4 is 17.6 Å². The molecule has 0 saturated heterocycles. The fraction of sp³-hybridized carbons (Fsp3) is 0.250. The van der Waals surface area contributed by atoms with Crippen molar-refractivity contribution in [2.45, 2.75) is 19.4 Å². The maximum Gasteiger partial charge on any atom is 0.352 e. The first-order chi connectivity index (χ1) is 7.27. The molecule has 1 aliphatic heterocycles. The summed E-state index contributed by atoms with van der Waals surface area (Å²) in [4.78, 5) is 11.1. The molecule has 0 unspecified atom stereocenters. The molecule has 1 aliphatic carbocycles. The summed E-state index contributed by atoms with van der Waals surface area (Å²) in [5.74, 6) is -0.840. The normalized spacial score (nSPS) is 17.2. The van der Waals surface area contributed by atoms with Crippen molar-refractivity contribution in [1.29, 1.82) is 0 Å². The van der Waals surface area contributed by atoms with Crippen LogP contribution in [0.2, 0.25) is 0 Å². The van der Waals surface area contributed by atoms with Crippen LogP contribution in [-0.4, -0.2) is 15.6 Å². The Bertz CT molecular complexity index is 590. The lowest BCUT2D eigenvalue weighted by molar-refractivity contribution is 0.0685. The zero-order chi connectivity index (χ0) is 10.4. The summed E-state index contributed by atoms with van der Waals surface area (Å²) >= 11 is 0. The first kappa shape index (κ1) is 8.53. The number of allylic oxidation sites excluding steroid dienone is 2. The topological polar surface area (TPSA) is 42.2 Å². The van der Waals surface area contributed by atoms with E-state index in [-0.39, 0.29) is 0 Å². The minimum atomic E-state index is -0.840. The van der Waals surface area contributed by atoms with Crippen LogP contribution in [0.5, 0.6) is 0 Å². The first-order valence-electron chi connectivity index (χ1n) is 5.10. The van der Waals surface area contributed by atoms with Gasteiger partial charge in [-0.3, -0.25) is 0 Å². The van der Waals surface area contributed by atoms with Gasteiger partial charge in [-0.05, 0) is 29.7 Å². The molecular weight excluding hydrogens is 190 g/mol. The van der Waals surface area contributed by atoms with Crippen LogP contribution in [0.4, 0.5) is 0 Å². The molecule has 0 radical (unpaired) electrons. The van der Waals surface area contributed by atoms with Gasteiger partial charge in [-0.2, -0.15) is 0 Å². The minimum Gasteiger partial charge on any atom is -0.477 e. The van der Waals surface area contributed by atoms with Crippen LogP contribution in [0.25, 0.3) is 11.6 Å². The van der Waals surface area contributed by atoms with Crippen molar-refractivity contribution in [3.8, 4) is 0 Å². The van der Waals surface area contributed by atoms with Gasteiger partial charge in [-0.25, -0.2) is 4.79 Å². The molecule has 0 aromatic carbocycles. The van der Waals surface area contributed by atoms with E-state index in [1.54, 1.807) is 6.07 Å². The van der Waals surface area contributed by atoms with Gasteiger partial charge in [0, 0.05) is 6.54 Å². The monoisotopic (exact) mass is 201 g/mol. The van der Waals surface area contributed by atoms with Gasteiger partial charge >= 0.3 is 5.97 Å². The standard InChI is InChI=1S/C12H11NO2/c14-12(15)10-7-9-4-1-3-8-5-2-6-13(10)11(8)9/h2,4-5,7H,1,3,6H2,(H,14,15). The molecular formula is C12H11NO2. The number of aromatic carboxylic acids is 1. The lowest BCUT2D eigenvalue weighted by Crippen LogP contribution is -2.35. The maximum atomic E-state index is 11.1. The van der Waals surface area contributed by atoms with Crippen molar-refractivity contribution in [3.63, 3.8) is 0 Å². The summed E-state index contributed by atoms with van der Waals surface area (Å²) in [7, 11) is 0. The Morgan fingerprint density at radius 3 is 3.13 bits per heavy atom. The quantitative estimate of drug-likeness (QED) is 0.718. The zero-order valence-corrected chi connectivity index (χ0v) is 8.23. The molecule has 0 amide bonds. The maximum absolute atomic E-state index is 11.1. The van der Waals surface area contributed by atoms with Crippen molar-refractivity contribution in [2.24, 2.45) is 0 Å². The number of carbonyl (C=O) groups is 1. The summed E-state index contributed by atoms with van der Waals surface area (Å²) in [5.41, 5.74) is 1.67. The highest BCUT2D eigenvalue weighted by atomic mass is 16.4. The van der Waals surface area contributed by atoms with E-state index in [4.69, 9.17) is 5.11 Å². The number of rotatable bonds is 1. The lowest BCUT2D eigenvalue weighted by atomic mass is 10.0. The van der Waals surface area contributed by atoms with Gasteiger partial charge < -0.3 is 9.67 Å². The molecule has 15 heavy (non-hydrogen) atoms. The molecule has 2 aliphatic rings. The average Bonchev–Trinajstić information content (AvgIpc) is 2.61. The molecule has 3 rings (SSSR count). The van der Waals surface area contributed by atoms with E-state index in [0.717, 1.165) is 23.4 Å². The van der Waals surface area contributed by atoms with E-state index in [2.05, 4.69) is 12.2 Å². The Balaban J connectivity index is 2.47. The molecule has 1 aromatic heterocycles. The van der Waals surface area contributed by atoms with Gasteiger partial charge in [-0.1, -0.05) is 18.2 Å². The van der Waals surface area contributed by atoms with Crippen LogP contribution in [0, 0.1) is 0 Å². The van der Waals surface area contributed by atoms with Crippen molar-refractivity contribution in [2.75, 3.05) is 0 Å². The Morgan fingerprint density at radius 1 is 1.47 bits per heavy atom. The highest BCUT2D eigenvalue weighted by Crippen LogP contribution is 2.13. The van der Waals surface area contributed by atoms with Crippen LogP contribution in [0.15, 0.2) is 18.2 Å². The van der Waals surface area contributed by atoms with Gasteiger partial charge in [0.25, 0.3) is 0 Å². The van der Waals surface area contributed by atoms with Gasteiger partial charge in [0.05, 0.1) is 5.35 Å². The summed E-state index contributed by atoms with van der Waals surface area (Å²) < 4.78 is 1.89. The first-order valence-corrected chi connectivity index (χ1v) is 5.10. The smallest absolute Gasteiger partial charge is 0.352 e. The lowest BCUT2D eigenvalue weighted by Gasteiger charge is -2.13. The van der Waals surface area contributed by atoms with Gasteiger partial charge in [-0.15, -0.1) is 0 Å². The second-order valence-electron chi connectivity index (χ2n) is 3.92. The third-order valence-corrected chi connectivity index (χ3v) is 3.03. The second-order valence-corrected chi connectivity index (χ2v) is 3.92. The van der Waals surface area contributed by atoms with Crippen molar-refractivity contribution < 1.29 is 9.90 Å². The average molecular weight is 201 g/mol. The molecule has 3 nitrogen and oxygen atoms in total. The Labute approximate surface area is 86.6 Å². The Hall–Kier alpha value is -1.77. The molecule has 0 fully saturated rings. The predicted octanol–water partition coefficient (Wildman–Crippen LogP) is 0.481. The highest BCUT2D eigenvalue weighted by Gasteiger charge is 2.17. The minimum absolute atomic E-state index is 0.403. The Morgan fingerprint density at radius 2 is 2.33 bits per heavy atom. The summed E-state index contributed by atoms with van der Waals surface area (Å²) in [6, 6.07) is 1.78. The van der Waals surface area contributed by atoms with Crippen molar-refractivity contribution in [3.05, 3.63) is 34.5 Å². The number of hydrogen-bond acceptors (Lipinski definition) is 1. The van der Waals surface area contributed by atoms with Crippen molar-refractivity contribution in [1.82, 2.24) is 4.57 Å². The van der Waals surface area contributed by atoms with Gasteiger partial charge in [0.1, 0.15) is 5.69 Å². The molecule has 1 aromatic rings. The van der Waals surface area contributed by atoms with Crippen LogP contribution < -0.4 is 10.6 Å². The van der Waals surface area contributed by atoms with E-state index in [0.29, 0.717) is 12.2 Å². The molecule has 0 saturated carbocycles. The third kappa shape index (κ3) is 1.09. The molecule has 0 atom stereocenters. The molecule has 3 heteroatoms. The van der Waals surface area contributed by atoms with E-state index < -0.39 is 5.97 Å². The summed E-state index contributed by atoms with van der Waals surface area (Å²) in [5, 5.41) is 11.3. The number of hydrogen-bond donors (Lipinski definition) is 1. The molecule has 76 valence electrons. The fourth-order valence-electron chi connectivity index (χ4n) is 2.42. The molecule has 1 N–H and O–H groups in total. The van der Waals surface area contributed by atoms with Crippen LogP contribution in [-0.2, 0) is 6.54 Å². The SMILES string of the molecule is O=C(O)c1cc2c3n1CC=CC=3CCC=2. The van der Waals surface area contributed by atoms with Crippen LogP contribution in [0.1, 0.15) is 23.3 Å². The summed E-state index contributed by atoms with van der Waals surface area (Å²) in [6.07, 6.45) is 8.31. The largest absolute Gasteiger partial charge is 0.477 e. The van der Waals surface area contributed by atoms with Gasteiger partial charge in [0.2, 0.25) is 0 Å². The van der Waals surface area contributed by atoms with Gasteiger partial charge in [0.15, 0.2) is 0 Å². The van der Waals surface area contributed by atoms with E-state index in [1.807, 2.05) is 10.6 Å². The Kier molecular flexibility index (Phi) is 1.63. The van der Waals surface area contributed by atoms with E-state index >= 15 is 0 Å². The molecule has 0 spiro atoms. The van der Waals surface area contributed by atoms with Crippen LogP contribution in [0.3, 0.4) is 0 Å². The van der Waals surface area contributed by atoms with E-state index in [1.165, 1.54) is 5.57 Å². The van der Waals surface area contributed by atoms with Crippen LogP contribution >= 0.6 is 0 Å².